The maximum Gasteiger partial charge on any atom is 0.306 e. The first-order valence-electron chi connectivity index (χ1n) is 6.80. The predicted molar refractivity (Wildman–Crippen MR) is 67.5 cm³/mol. The number of carbonyl (C=O) groups excluding carboxylic acids is 2. The van der Waals surface area contributed by atoms with E-state index >= 15 is 0 Å². The summed E-state index contributed by atoms with van der Waals surface area (Å²) < 4.78 is 17.0. The zero-order chi connectivity index (χ0) is 14.3. The second-order valence-electron chi connectivity index (χ2n) is 6.17. The normalized spacial score (nSPS) is 37.8. The maximum atomic E-state index is 11.5. The number of hydrogen-bond donors (Lipinski definition) is 0. The van der Waals surface area contributed by atoms with Crippen molar-refractivity contribution in [3.63, 3.8) is 0 Å². The molecule has 108 valence electrons. The zero-order valence-electron chi connectivity index (χ0n) is 12.0. The molecule has 19 heavy (non-hydrogen) atoms. The molecular weight excluding hydrogens is 248 g/mol. The van der Waals surface area contributed by atoms with Crippen molar-refractivity contribution in [1.29, 1.82) is 0 Å². The standard InChI is InChI=1S/C14H22O5/c1-9(15)17-10-7-8-14(4)11(18-13(10,2)3)5-6-12(16)19-14/h10-11H,5-8H2,1-4H3/t10-,11-,14+/m0/s1. The second-order valence-corrected chi connectivity index (χ2v) is 6.17. The minimum Gasteiger partial charge on any atom is -0.460 e. The van der Waals surface area contributed by atoms with Crippen molar-refractivity contribution in [3.05, 3.63) is 0 Å². The molecule has 0 bridgehead atoms. The van der Waals surface area contributed by atoms with Crippen LogP contribution in [0.4, 0.5) is 0 Å². The molecule has 0 radical (unpaired) electrons. The predicted octanol–water partition coefficient (Wildman–Crippen LogP) is 1.97. The van der Waals surface area contributed by atoms with Gasteiger partial charge in [0, 0.05) is 13.3 Å². The Morgan fingerprint density at radius 2 is 2.00 bits per heavy atom. The van der Waals surface area contributed by atoms with E-state index in [0.29, 0.717) is 25.7 Å². The number of ether oxygens (including phenoxy) is 3. The van der Waals surface area contributed by atoms with Gasteiger partial charge in [0.25, 0.3) is 0 Å². The summed E-state index contributed by atoms with van der Waals surface area (Å²) in [5.74, 6) is -0.486. The van der Waals surface area contributed by atoms with Crippen molar-refractivity contribution in [1.82, 2.24) is 0 Å². The number of fused-ring (bicyclic) bond motifs is 1. The highest BCUT2D eigenvalue weighted by molar-refractivity contribution is 5.71. The summed E-state index contributed by atoms with van der Waals surface area (Å²) in [5.41, 5.74) is -1.18. The Hall–Kier alpha value is -1.10. The molecule has 2 aliphatic rings. The van der Waals surface area contributed by atoms with Gasteiger partial charge in [-0.15, -0.1) is 0 Å². The third-order valence-electron chi connectivity index (χ3n) is 4.07. The fourth-order valence-corrected chi connectivity index (χ4v) is 2.94. The lowest BCUT2D eigenvalue weighted by Crippen LogP contribution is -2.50. The van der Waals surface area contributed by atoms with Crippen LogP contribution in [0.1, 0.15) is 53.4 Å². The van der Waals surface area contributed by atoms with Gasteiger partial charge in [0.1, 0.15) is 11.7 Å². The lowest BCUT2D eigenvalue weighted by atomic mass is 9.87. The van der Waals surface area contributed by atoms with E-state index in [4.69, 9.17) is 14.2 Å². The van der Waals surface area contributed by atoms with Crippen LogP contribution < -0.4 is 0 Å². The molecule has 0 spiro atoms. The van der Waals surface area contributed by atoms with E-state index < -0.39 is 11.2 Å². The smallest absolute Gasteiger partial charge is 0.306 e. The molecule has 2 saturated heterocycles. The summed E-state index contributed by atoms with van der Waals surface area (Å²) in [5, 5.41) is 0. The molecule has 0 aliphatic carbocycles. The van der Waals surface area contributed by atoms with E-state index in [1.165, 1.54) is 6.92 Å². The third kappa shape index (κ3) is 2.91. The van der Waals surface area contributed by atoms with Gasteiger partial charge in [-0.1, -0.05) is 0 Å². The van der Waals surface area contributed by atoms with Crippen molar-refractivity contribution < 1.29 is 23.8 Å². The van der Waals surface area contributed by atoms with Crippen molar-refractivity contribution in [3.8, 4) is 0 Å². The van der Waals surface area contributed by atoms with Gasteiger partial charge in [-0.2, -0.15) is 0 Å². The monoisotopic (exact) mass is 270 g/mol. The summed E-state index contributed by atoms with van der Waals surface area (Å²) in [4.78, 5) is 22.7. The molecule has 5 nitrogen and oxygen atoms in total. The average molecular weight is 270 g/mol. The quantitative estimate of drug-likeness (QED) is 0.682. The van der Waals surface area contributed by atoms with E-state index in [9.17, 15) is 9.59 Å². The molecule has 0 saturated carbocycles. The Bertz CT molecular complexity index is 389. The Balaban J connectivity index is 2.20. The van der Waals surface area contributed by atoms with Crippen LogP contribution >= 0.6 is 0 Å². The molecule has 0 aromatic carbocycles. The Kier molecular flexibility index (Phi) is 3.60. The molecule has 0 N–H and O–H groups in total. The van der Waals surface area contributed by atoms with Gasteiger partial charge in [0.15, 0.2) is 0 Å². The average Bonchev–Trinajstić information content (AvgIpc) is 2.35. The van der Waals surface area contributed by atoms with Crippen LogP contribution in [0.3, 0.4) is 0 Å². The van der Waals surface area contributed by atoms with Crippen molar-refractivity contribution >= 4 is 11.9 Å². The highest BCUT2D eigenvalue weighted by atomic mass is 16.6. The molecule has 2 heterocycles. The summed E-state index contributed by atoms with van der Waals surface area (Å²) in [6.07, 6.45) is 1.87. The van der Waals surface area contributed by atoms with Crippen LogP contribution in [0.5, 0.6) is 0 Å². The van der Waals surface area contributed by atoms with Crippen LogP contribution in [0.15, 0.2) is 0 Å². The lowest BCUT2D eigenvalue weighted by molar-refractivity contribution is -0.212. The highest BCUT2D eigenvalue weighted by Crippen LogP contribution is 2.41. The van der Waals surface area contributed by atoms with E-state index in [2.05, 4.69) is 0 Å². The van der Waals surface area contributed by atoms with Gasteiger partial charge in [0.2, 0.25) is 0 Å². The molecule has 5 heteroatoms. The molecule has 0 aromatic heterocycles. The second kappa shape index (κ2) is 4.78. The Morgan fingerprint density at radius 1 is 1.32 bits per heavy atom. The van der Waals surface area contributed by atoms with Crippen LogP contribution in [-0.2, 0) is 23.8 Å². The highest BCUT2D eigenvalue weighted by Gasteiger charge is 2.50. The first-order chi connectivity index (χ1) is 8.73. The van der Waals surface area contributed by atoms with E-state index in [1.54, 1.807) is 0 Å². The summed E-state index contributed by atoms with van der Waals surface area (Å²) in [6, 6.07) is 0. The summed E-state index contributed by atoms with van der Waals surface area (Å²) in [6.45, 7) is 7.14. The zero-order valence-corrected chi connectivity index (χ0v) is 12.0. The van der Waals surface area contributed by atoms with Crippen molar-refractivity contribution in [2.75, 3.05) is 0 Å². The third-order valence-corrected chi connectivity index (χ3v) is 4.07. The maximum absolute atomic E-state index is 11.5. The summed E-state index contributed by atoms with van der Waals surface area (Å²) >= 11 is 0. The van der Waals surface area contributed by atoms with Crippen LogP contribution in [-0.4, -0.2) is 35.3 Å². The summed E-state index contributed by atoms with van der Waals surface area (Å²) in [7, 11) is 0. The first kappa shape index (κ1) is 14.3. The Morgan fingerprint density at radius 3 is 2.63 bits per heavy atom. The van der Waals surface area contributed by atoms with Gasteiger partial charge < -0.3 is 14.2 Å². The SMILES string of the molecule is CC(=O)O[C@H]1CC[C@@]2(C)OC(=O)CC[C@@H]2OC1(C)C. The fourth-order valence-electron chi connectivity index (χ4n) is 2.94. The lowest BCUT2D eigenvalue weighted by Gasteiger charge is -2.41. The molecular formula is C14H22O5. The number of rotatable bonds is 1. The van der Waals surface area contributed by atoms with Gasteiger partial charge >= 0.3 is 11.9 Å². The minimum absolute atomic E-state index is 0.138. The molecule has 2 fully saturated rings. The molecule has 0 amide bonds. The number of carbonyl (C=O) groups is 2. The molecule has 0 unspecified atom stereocenters. The van der Waals surface area contributed by atoms with Gasteiger partial charge in [-0.05, 0) is 40.0 Å². The number of esters is 2. The topological polar surface area (TPSA) is 61.8 Å². The van der Waals surface area contributed by atoms with Crippen molar-refractivity contribution in [2.24, 2.45) is 0 Å². The van der Waals surface area contributed by atoms with Gasteiger partial charge in [-0.3, -0.25) is 9.59 Å². The Labute approximate surface area is 113 Å². The van der Waals surface area contributed by atoms with Crippen LogP contribution in [0.2, 0.25) is 0 Å². The largest absolute Gasteiger partial charge is 0.460 e. The van der Waals surface area contributed by atoms with Crippen molar-refractivity contribution in [2.45, 2.75) is 76.8 Å². The molecule has 2 aliphatic heterocycles. The van der Waals surface area contributed by atoms with E-state index in [-0.39, 0.29) is 24.1 Å². The molecule has 3 atom stereocenters. The first-order valence-corrected chi connectivity index (χ1v) is 6.80. The van der Waals surface area contributed by atoms with Crippen LogP contribution in [0.25, 0.3) is 0 Å². The molecule has 0 aromatic rings. The minimum atomic E-state index is -0.610. The van der Waals surface area contributed by atoms with E-state index in [0.717, 1.165) is 0 Å². The van der Waals surface area contributed by atoms with Gasteiger partial charge in [0.05, 0.1) is 11.7 Å². The van der Waals surface area contributed by atoms with E-state index in [1.807, 2.05) is 20.8 Å². The van der Waals surface area contributed by atoms with Crippen LogP contribution in [0, 0.1) is 0 Å². The van der Waals surface area contributed by atoms with Gasteiger partial charge in [-0.25, -0.2) is 0 Å². The fraction of sp³-hybridized carbons (Fsp3) is 0.857. The molecule has 2 rings (SSSR count). The number of hydrogen-bond acceptors (Lipinski definition) is 5.